The van der Waals surface area contributed by atoms with Crippen LogP contribution in [0.3, 0.4) is 0 Å². The normalized spacial score (nSPS) is 13.0. The lowest BCUT2D eigenvalue weighted by Crippen LogP contribution is -2.31. The SMILES string of the molecule is Cc1nn(CCCCC(C)(C)C(N)=NO)c(C)c1C. The summed E-state index contributed by atoms with van der Waals surface area (Å²) in [5, 5.41) is 16.3. The Hall–Kier alpha value is -1.52. The summed E-state index contributed by atoms with van der Waals surface area (Å²) in [6, 6.07) is 0. The molecule has 0 atom stereocenters. The second kappa shape index (κ2) is 6.08. The third kappa shape index (κ3) is 3.72. The van der Waals surface area contributed by atoms with Crippen molar-refractivity contribution >= 4 is 5.84 Å². The third-order valence-electron chi connectivity index (χ3n) is 3.97. The largest absolute Gasteiger partial charge is 0.409 e. The van der Waals surface area contributed by atoms with Crippen molar-refractivity contribution < 1.29 is 5.21 Å². The molecule has 19 heavy (non-hydrogen) atoms. The van der Waals surface area contributed by atoms with Gasteiger partial charge in [-0.25, -0.2) is 0 Å². The van der Waals surface area contributed by atoms with Gasteiger partial charge >= 0.3 is 0 Å². The maximum atomic E-state index is 8.72. The smallest absolute Gasteiger partial charge is 0.144 e. The van der Waals surface area contributed by atoms with Crippen LogP contribution in [0.5, 0.6) is 0 Å². The Balaban J connectivity index is 2.45. The lowest BCUT2D eigenvalue weighted by Gasteiger charge is -2.22. The van der Waals surface area contributed by atoms with Gasteiger partial charge in [0.1, 0.15) is 5.84 Å². The van der Waals surface area contributed by atoms with Crippen LogP contribution in [0.1, 0.15) is 50.1 Å². The molecule has 0 amide bonds. The Bertz CT molecular complexity index is 460. The Kier molecular flexibility index (Phi) is 4.97. The molecule has 1 aromatic rings. The van der Waals surface area contributed by atoms with Crippen LogP contribution < -0.4 is 5.73 Å². The molecule has 0 radical (unpaired) electrons. The summed E-state index contributed by atoms with van der Waals surface area (Å²) >= 11 is 0. The first-order chi connectivity index (χ1) is 8.79. The number of hydrogen-bond donors (Lipinski definition) is 2. The van der Waals surface area contributed by atoms with E-state index < -0.39 is 0 Å². The van der Waals surface area contributed by atoms with Crippen LogP contribution in [0.2, 0.25) is 0 Å². The number of aryl methyl sites for hydroxylation is 2. The van der Waals surface area contributed by atoms with E-state index in [9.17, 15) is 0 Å². The number of oxime groups is 1. The highest BCUT2D eigenvalue weighted by Crippen LogP contribution is 2.23. The van der Waals surface area contributed by atoms with Crippen LogP contribution in [-0.4, -0.2) is 20.8 Å². The predicted molar refractivity (Wildman–Crippen MR) is 77.5 cm³/mol. The second-order valence-electron chi connectivity index (χ2n) is 5.85. The second-order valence-corrected chi connectivity index (χ2v) is 5.85. The highest BCUT2D eigenvalue weighted by Gasteiger charge is 2.22. The van der Waals surface area contributed by atoms with Crippen molar-refractivity contribution in [1.82, 2.24) is 9.78 Å². The Morgan fingerprint density at radius 2 is 1.95 bits per heavy atom. The van der Waals surface area contributed by atoms with Gasteiger partial charge < -0.3 is 10.9 Å². The predicted octanol–water partition coefficient (Wildman–Crippen LogP) is 2.75. The summed E-state index contributed by atoms with van der Waals surface area (Å²) in [4.78, 5) is 0. The molecule has 0 unspecified atom stereocenters. The molecule has 0 spiro atoms. The number of rotatable bonds is 6. The number of nitrogens with two attached hydrogens (primary N) is 1. The van der Waals surface area contributed by atoms with Gasteiger partial charge in [-0.1, -0.05) is 25.4 Å². The zero-order chi connectivity index (χ0) is 14.6. The molecule has 5 heteroatoms. The van der Waals surface area contributed by atoms with E-state index in [1.54, 1.807) is 0 Å². The van der Waals surface area contributed by atoms with Crippen molar-refractivity contribution in [2.24, 2.45) is 16.3 Å². The molecule has 0 fully saturated rings. The monoisotopic (exact) mass is 266 g/mol. The van der Waals surface area contributed by atoms with E-state index in [1.807, 2.05) is 20.8 Å². The van der Waals surface area contributed by atoms with Crippen LogP contribution in [0, 0.1) is 26.2 Å². The minimum atomic E-state index is -0.250. The molecule has 0 saturated heterocycles. The van der Waals surface area contributed by atoms with Crippen molar-refractivity contribution in [3.63, 3.8) is 0 Å². The maximum absolute atomic E-state index is 8.72. The van der Waals surface area contributed by atoms with Crippen LogP contribution in [0.25, 0.3) is 0 Å². The van der Waals surface area contributed by atoms with Crippen LogP contribution in [0.15, 0.2) is 5.16 Å². The first-order valence-corrected chi connectivity index (χ1v) is 6.78. The maximum Gasteiger partial charge on any atom is 0.144 e. The molecule has 1 aromatic heterocycles. The zero-order valence-electron chi connectivity index (χ0n) is 12.7. The summed E-state index contributed by atoms with van der Waals surface area (Å²) in [6.07, 6.45) is 2.98. The fourth-order valence-electron chi connectivity index (χ4n) is 2.10. The van der Waals surface area contributed by atoms with Gasteiger partial charge in [0.15, 0.2) is 0 Å². The molecule has 0 bridgehead atoms. The van der Waals surface area contributed by atoms with Crippen molar-refractivity contribution in [2.75, 3.05) is 0 Å². The molecule has 1 heterocycles. The molecule has 1 rings (SSSR count). The number of amidine groups is 1. The number of aromatic nitrogens is 2. The van der Waals surface area contributed by atoms with E-state index >= 15 is 0 Å². The topological polar surface area (TPSA) is 76.4 Å². The van der Waals surface area contributed by atoms with Crippen molar-refractivity contribution in [3.8, 4) is 0 Å². The van der Waals surface area contributed by atoms with Gasteiger partial charge in [0, 0.05) is 17.7 Å². The van der Waals surface area contributed by atoms with Crippen LogP contribution in [-0.2, 0) is 6.54 Å². The minimum absolute atomic E-state index is 0.250. The van der Waals surface area contributed by atoms with E-state index in [2.05, 4.69) is 28.8 Å². The Labute approximate surface area is 115 Å². The van der Waals surface area contributed by atoms with Crippen LogP contribution >= 0.6 is 0 Å². The molecular weight excluding hydrogens is 240 g/mol. The molecule has 3 N–H and O–H groups in total. The summed E-state index contributed by atoms with van der Waals surface area (Å²) < 4.78 is 2.07. The Morgan fingerprint density at radius 3 is 2.42 bits per heavy atom. The summed E-state index contributed by atoms with van der Waals surface area (Å²) in [5.74, 6) is 0.300. The van der Waals surface area contributed by atoms with Crippen molar-refractivity contribution in [1.29, 1.82) is 0 Å². The lowest BCUT2D eigenvalue weighted by atomic mass is 9.86. The molecular formula is C14H26N4O. The molecule has 0 aliphatic heterocycles. The van der Waals surface area contributed by atoms with Crippen LogP contribution in [0.4, 0.5) is 0 Å². The molecule has 0 saturated carbocycles. The molecule has 108 valence electrons. The van der Waals surface area contributed by atoms with Crippen molar-refractivity contribution in [3.05, 3.63) is 17.0 Å². The van der Waals surface area contributed by atoms with Gasteiger partial charge in [0.05, 0.1) is 5.69 Å². The lowest BCUT2D eigenvalue weighted by molar-refractivity contribution is 0.303. The average molecular weight is 266 g/mol. The first kappa shape index (κ1) is 15.5. The molecule has 0 aliphatic carbocycles. The van der Waals surface area contributed by atoms with Crippen molar-refractivity contribution in [2.45, 2.75) is 60.4 Å². The highest BCUT2D eigenvalue weighted by molar-refractivity contribution is 5.85. The van der Waals surface area contributed by atoms with Gasteiger partial charge in [-0.05, 0) is 39.2 Å². The summed E-state index contributed by atoms with van der Waals surface area (Å²) in [6.45, 7) is 11.2. The number of nitrogens with zero attached hydrogens (tertiary/aromatic N) is 3. The summed E-state index contributed by atoms with van der Waals surface area (Å²) in [5.41, 5.74) is 9.05. The molecule has 5 nitrogen and oxygen atoms in total. The number of hydrogen-bond acceptors (Lipinski definition) is 3. The third-order valence-corrected chi connectivity index (χ3v) is 3.97. The van der Waals surface area contributed by atoms with E-state index in [-0.39, 0.29) is 5.41 Å². The quantitative estimate of drug-likeness (QED) is 0.273. The van der Waals surface area contributed by atoms with Gasteiger partial charge in [0.2, 0.25) is 0 Å². The van der Waals surface area contributed by atoms with E-state index in [4.69, 9.17) is 10.9 Å². The zero-order valence-corrected chi connectivity index (χ0v) is 12.7. The first-order valence-electron chi connectivity index (χ1n) is 6.78. The van der Waals surface area contributed by atoms with E-state index in [1.165, 1.54) is 11.3 Å². The Morgan fingerprint density at radius 1 is 1.32 bits per heavy atom. The average Bonchev–Trinajstić information content (AvgIpc) is 2.61. The fourth-order valence-corrected chi connectivity index (χ4v) is 2.10. The summed E-state index contributed by atoms with van der Waals surface area (Å²) in [7, 11) is 0. The minimum Gasteiger partial charge on any atom is -0.409 e. The van der Waals surface area contributed by atoms with Gasteiger partial charge in [-0.3, -0.25) is 4.68 Å². The van der Waals surface area contributed by atoms with E-state index in [0.29, 0.717) is 5.84 Å². The molecule has 0 aliphatic rings. The molecule has 0 aromatic carbocycles. The van der Waals surface area contributed by atoms with E-state index in [0.717, 1.165) is 31.5 Å². The fraction of sp³-hybridized carbons (Fsp3) is 0.714. The highest BCUT2D eigenvalue weighted by atomic mass is 16.4. The van der Waals surface area contributed by atoms with Gasteiger partial charge in [0.25, 0.3) is 0 Å². The number of unbranched alkanes of at least 4 members (excludes halogenated alkanes) is 1. The van der Waals surface area contributed by atoms with Gasteiger partial charge in [-0.15, -0.1) is 0 Å². The standard InChI is InChI=1S/C14H26N4O/c1-10-11(2)16-18(12(10)3)9-7-6-8-14(4,5)13(15)17-19/h19H,6-9H2,1-5H3,(H2,15,17). The van der Waals surface area contributed by atoms with Gasteiger partial charge in [-0.2, -0.15) is 5.10 Å².